The van der Waals surface area contributed by atoms with Crippen molar-refractivity contribution in [3.63, 3.8) is 0 Å². The molecule has 0 radical (unpaired) electrons. The summed E-state index contributed by atoms with van der Waals surface area (Å²) in [7, 11) is 0. The number of anilines is 1. The van der Waals surface area contributed by atoms with Crippen LogP contribution in [0.4, 0.5) is 18.9 Å². The third-order valence-corrected chi connectivity index (χ3v) is 2.39. The Balaban J connectivity index is 2.16. The minimum atomic E-state index is -0.993. The van der Waals surface area contributed by atoms with Crippen LogP contribution in [0, 0.1) is 17.5 Å². The van der Waals surface area contributed by atoms with E-state index < -0.39 is 17.5 Å². The predicted octanol–water partition coefficient (Wildman–Crippen LogP) is 3.42. The van der Waals surface area contributed by atoms with Crippen molar-refractivity contribution in [2.75, 3.05) is 5.32 Å². The number of hydrogen-bond donors (Lipinski definition) is 2. The SMILES string of the molecule is Oc1cccc(CNc2c(F)cc(F)cc2F)c1. The molecule has 0 saturated carbocycles. The fraction of sp³-hybridized carbons (Fsp3) is 0.0769. The number of aromatic hydroxyl groups is 1. The van der Waals surface area contributed by atoms with Gasteiger partial charge in [0.05, 0.1) is 0 Å². The molecule has 0 spiro atoms. The van der Waals surface area contributed by atoms with E-state index in [9.17, 15) is 18.3 Å². The average molecular weight is 253 g/mol. The quantitative estimate of drug-likeness (QED) is 0.878. The summed E-state index contributed by atoms with van der Waals surface area (Å²) in [5.41, 5.74) is 0.262. The molecule has 18 heavy (non-hydrogen) atoms. The first-order valence-corrected chi connectivity index (χ1v) is 5.22. The maximum atomic E-state index is 13.3. The Morgan fingerprint density at radius 2 is 1.67 bits per heavy atom. The van der Waals surface area contributed by atoms with Gasteiger partial charge in [-0.3, -0.25) is 0 Å². The molecule has 0 aromatic heterocycles. The molecule has 0 amide bonds. The van der Waals surface area contributed by atoms with Gasteiger partial charge in [-0.1, -0.05) is 12.1 Å². The minimum absolute atomic E-state index is 0.0642. The first-order valence-electron chi connectivity index (χ1n) is 5.22. The molecule has 5 heteroatoms. The number of halogens is 3. The average Bonchev–Trinajstić information content (AvgIpc) is 2.27. The van der Waals surface area contributed by atoms with Crippen molar-refractivity contribution in [2.45, 2.75) is 6.54 Å². The van der Waals surface area contributed by atoms with Gasteiger partial charge in [0.2, 0.25) is 0 Å². The van der Waals surface area contributed by atoms with Gasteiger partial charge in [-0.25, -0.2) is 13.2 Å². The van der Waals surface area contributed by atoms with Gasteiger partial charge in [0.15, 0.2) is 11.6 Å². The highest BCUT2D eigenvalue weighted by Gasteiger charge is 2.10. The Bertz CT molecular complexity index is 549. The van der Waals surface area contributed by atoms with Crippen molar-refractivity contribution in [1.29, 1.82) is 0 Å². The summed E-state index contributed by atoms with van der Waals surface area (Å²) < 4.78 is 39.3. The molecule has 2 aromatic carbocycles. The highest BCUT2D eigenvalue weighted by molar-refractivity contribution is 5.47. The van der Waals surface area contributed by atoms with Crippen LogP contribution >= 0.6 is 0 Å². The van der Waals surface area contributed by atoms with E-state index in [4.69, 9.17) is 0 Å². The highest BCUT2D eigenvalue weighted by Crippen LogP contribution is 2.21. The topological polar surface area (TPSA) is 32.3 Å². The Labute approximate surface area is 102 Å². The standard InChI is InChI=1S/C13H10F3NO/c14-9-5-11(15)13(12(16)6-9)17-7-8-2-1-3-10(18)4-8/h1-6,17-18H,7H2. The van der Waals surface area contributed by atoms with Gasteiger partial charge in [-0.2, -0.15) is 0 Å². The molecular weight excluding hydrogens is 243 g/mol. The van der Waals surface area contributed by atoms with Crippen LogP contribution in [0.1, 0.15) is 5.56 Å². The van der Waals surface area contributed by atoms with E-state index in [1.165, 1.54) is 12.1 Å². The Morgan fingerprint density at radius 3 is 2.28 bits per heavy atom. The van der Waals surface area contributed by atoms with Crippen LogP contribution in [0.3, 0.4) is 0 Å². The van der Waals surface area contributed by atoms with Crippen LogP contribution in [0.15, 0.2) is 36.4 Å². The van der Waals surface area contributed by atoms with Crippen molar-refractivity contribution in [3.05, 3.63) is 59.4 Å². The molecule has 2 rings (SSSR count). The first kappa shape index (κ1) is 12.3. The molecule has 0 aliphatic heterocycles. The second kappa shape index (κ2) is 5.00. The molecule has 0 aliphatic carbocycles. The van der Waals surface area contributed by atoms with Crippen LogP contribution in [0.5, 0.6) is 5.75 Å². The van der Waals surface area contributed by atoms with Crippen molar-refractivity contribution in [2.24, 2.45) is 0 Å². The summed E-state index contributed by atoms with van der Waals surface area (Å²) in [6.45, 7) is 0.119. The zero-order valence-electron chi connectivity index (χ0n) is 9.25. The maximum Gasteiger partial charge on any atom is 0.152 e. The number of hydrogen-bond acceptors (Lipinski definition) is 2. The molecule has 2 aromatic rings. The van der Waals surface area contributed by atoms with E-state index in [0.29, 0.717) is 17.7 Å². The fourth-order valence-corrected chi connectivity index (χ4v) is 1.57. The second-order valence-corrected chi connectivity index (χ2v) is 3.77. The molecule has 0 fully saturated rings. The fourth-order valence-electron chi connectivity index (χ4n) is 1.57. The molecule has 0 heterocycles. The van der Waals surface area contributed by atoms with Crippen LogP contribution in [0.2, 0.25) is 0 Å². The number of rotatable bonds is 3. The number of phenolic OH excluding ortho intramolecular Hbond substituents is 1. The lowest BCUT2D eigenvalue weighted by atomic mass is 10.2. The third kappa shape index (κ3) is 2.74. The van der Waals surface area contributed by atoms with Crippen LogP contribution in [-0.2, 0) is 6.54 Å². The van der Waals surface area contributed by atoms with E-state index in [1.54, 1.807) is 12.1 Å². The largest absolute Gasteiger partial charge is 0.508 e. The Kier molecular flexibility index (Phi) is 3.41. The zero-order valence-corrected chi connectivity index (χ0v) is 9.25. The summed E-state index contributed by atoms with van der Waals surface area (Å²) in [5.74, 6) is -2.89. The smallest absolute Gasteiger partial charge is 0.152 e. The van der Waals surface area contributed by atoms with Crippen LogP contribution in [-0.4, -0.2) is 5.11 Å². The third-order valence-electron chi connectivity index (χ3n) is 2.39. The van der Waals surface area contributed by atoms with Crippen LogP contribution in [0.25, 0.3) is 0 Å². The number of phenols is 1. The van der Waals surface area contributed by atoms with Gasteiger partial charge in [-0.05, 0) is 17.7 Å². The molecule has 0 atom stereocenters. The van der Waals surface area contributed by atoms with Crippen LogP contribution < -0.4 is 5.32 Å². The lowest BCUT2D eigenvalue weighted by molar-refractivity contribution is 0.474. The highest BCUT2D eigenvalue weighted by atomic mass is 19.1. The predicted molar refractivity (Wildman–Crippen MR) is 61.7 cm³/mol. The zero-order chi connectivity index (χ0) is 13.1. The van der Waals surface area contributed by atoms with Gasteiger partial charge in [0, 0.05) is 18.7 Å². The lowest BCUT2D eigenvalue weighted by Gasteiger charge is -2.09. The van der Waals surface area contributed by atoms with Gasteiger partial charge >= 0.3 is 0 Å². The molecule has 0 aliphatic rings. The first-order chi connectivity index (χ1) is 8.56. The van der Waals surface area contributed by atoms with Gasteiger partial charge in [0.1, 0.15) is 17.3 Å². The van der Waals surface area contributed by atoms with E-state index in [0.717, 1.165) is 0 Å². The van der Waals surface area contributed by atoms with Crippen molar-refractivity contribution < 1.29 is 18.3 Å². The second-order valence-electron chi connectivity index (χ2n) is 3.77. The van der Waals surface area contributed by atoms with E-state index >= 15 is 0 Å². The summed E-state index contributed by atoms with van der Waals surface area (Å²) in [5, 5.41) is 11.8. The van der Waals surface area contributed by atoms with Gasteiger partial charge < -0.3 is 10.4 Å². The molecule has 2 nitrogen and oxygen atoms in total. The van der Waals surface area contributed by atoms with Crippen molar-refractivity contribution in [1.82, 2.24) is 0 Å². The molecule has 0 bridgehead atoms. The van der Waals surface area contributed by atoms with E-state index in [2.05, 4.69) is 5.32 Å². The maximum absolute atomic E-state index is 13.3. The lowest BCUT2D eigenvalue weighted by Crippen LogP contribution is -2.04. The minimum Gasteiger partial charge on any atom is -0.508 e. The molecular formula is C13H10F3NO. The van der Waals surface area contributed by atoms with Gasteiger partial charge in [-0.15, -0.1) is 0 Å². The van der Waals surface area contributed by atoms with E-state index in [-0.39, 0.29) is 18.0 Å². The Morgan fingerprint density at radius 1 is 1.00 bits per heavy atom. The number of benzene rings is 2. The van der Waals surface area contributed by atoms with Crippen molar-refractivity contribution in [3.8, 4) is 5.75 Å². The molecule has 0 saturated heterocycles. The summed E-state index contributed by atoms with van der Waals surface area (Å²) in [6.07, 6.45) is 0. The Hall–Kier alpha value is -2.17. The normalized spacial score (nSPS) is 10.4. The molecule has 2 N–H and O–H groups in total. The van der Waals surface area contributed by atoms with Gasteiger partial charge in [0.25, 0.3) is 0 Å². The molecule has 94 valence electrons. The summed E-state index contributed by atoms with van der Waals surface area (Å²) in [4.78, 5) is 0. The summed E-state index contributed by atoms with van der Waals surface area (Å²) >= 11 is 0. The monoisotopic (exact) mass is 253 g/mol. The van der Waals surface area contributed by atoms with E-state index in [1.807, 2.05) is 0 Å². The summed E-state index contributed by atoms with van der Waals surface area (Å²) in [6, 6.07) is 7.46. The van der Waals surface area contributed by atoms with Crippen molar-refractivity contribution >= 4 is 5.69 Å². The number of nitrogens with one attached hydrogen (secondary N) is 1. The molecule has 0 unspecified atom stereocenters.